The van der Waals surface area contributed by atoms with Gasteiger partial charge in [0.2, 0.25) is 0 Å². The molecule has 1 rings (SSSR count). The Morgan fingerprint density at radius 3 is 2.40 bits per heavy atom. The molecule has 15 heavy (non-hydrogen) atoms. The molecule has 80 valence electrons. The molecule has 0 saturated heterocycles. The molecule has 0 amide bonds. The molecule has 0 atom stereocenters. The molecule has 1 aromatic rings. The number of ether oxygens (including phenoxy) is 1. The molecular weight excluding hydrogens is 264 g/mol. The van der Waals surface area contributed by atoms with Crippen molar-refractivity contribution in [3.63, 3.8) is 0 Å². The van der Waals surface area contributed by atoms with Crippen LogP contribution in [0.2, 0.25) is 0 Å². The Labute approximate surface area is 95.0 Å². The van der Waals surface area contributed by atoms with Crippen molar-refractivity contribution >= 4 is 27.7 Å². The van der Waals surface area contributed by atoms with Gasteiger partial charge >= 0.3 is 5.97 Å². The molecule has 1 aromatic heterocycles. The summed E-state index contributed by atoms with van der Waals surface area (Å²) < 4.78 is 4.72. The van der Waals surface area contributed by atoms with Gasteiger partial charge in [-0.05, 0) is 6.92 Å². The van der Waals surface area contributed by atoms with Gasteiger partial charge < -0.3 is 4.74 Å². The number of hydrogen-bond donors (Lipinski definition) is 0. The van der Waals surface area contributed by atoms with Crippen molar-refractivity contribution < 1.29 is 14.3 Å². The Bertz CT molecular complexity index is 364. The van der Waals surface area contributed by atoms with Crippen LogP contribution in [0.1, 0.15) is 27.9 Å². The molecule has 0 aromatic carbocycles. The third kappa shape index (κ3) is 3.09. The van der Waals surface area contributed by atoms with Gasteiger partial charge in [-0.15, -0.1) is 0 Å². The van der Waals surface area contributed by atoms with E-state index in [0.717, 1.165) is 0 Å². The number of aromatic nitrogens is 2. The predicted molar refractivity (Wildman–Crippen MR) is 56.1 cm³/mol. The molecule has 0 bridgehead atoms. The number of hydrogen-bond acceptors (Lipinski definition) is 5. The summed E-state index contributed by atoms with van der Waals surface area (Å²) in [4.78, 5) is 29.9. The van der Waals surface area contributed by atoms with Crippen LogP contribution >= 0.6 is 15.9 Å². The van der Waals surface area contributed by atoms with Crippen LogP contribution in [-0.4, -0.2) is 33.7 Å². The smallest absolute Gasteiger partial charge is 0.358 e. The second kappa shape index (κ2) is 5.55. The molecule has 0 saturated carbocycles. The molecule has 6 heteroatoms. The van der Waals surface area contributed by atoms with E-state index >= 15 is 0 Å². The number of carbonyl (C=O) groups is 2. The van der Waals surface area contributed by atoms with Crippen LogP contribution in [0, 0.1) is 0 Å². The van der Waals surface area contributed by atoms with Gasteiger partial charge in [0.25, 0.3) is 0 Å². The second-order valence-electron chi connectivity index (χ2n) is 2.56. The van der Waals surface area contributed by atoms with E-state index in [-0.39, 0.29) is 29.1 Å². The Hall–Kier alpha value is -1.30. The predicted octanol–water partition coefficient (Wildman–Crippen LogP) is 1.23. The molecule has 1 heterocycles. The second-order valence-corrected chi connectivity index (χ2v) is 3.12. The molecule has 0 spiro atoms. The Morgan fingerprint density at radius 2 is 1.93 bits per heavy atom. The van der Waals surface area contributed by atoms with Crippen molar-refractivity contribution in [1.29, 1.82) is 0 Å². The van der Waals surface area contributed by atoms with E-state index < -0.39 is 5.97 Å². The van der Waals surface area contributed by atoms with Crippen LogP contribution in [0.3, 0.4) is 0 Å². The van der Waals surface area contributed by atoms with E-state index in [1.54, 1.807) is 6.92 Å². The topological polar surface area (TPSA) is 69.2 Å². The monoisotopic (exact) mass is 272 g/mol. The number of carbonyl (C=O) groups excluding carboxylic acids is 2. The summed E-state index contributed by atoms with van der Waals surface area (Å²) in [5.74, 6) is -0.722. The summed E-state index contributed by atoms with van der Waals surface area (Å²) in [5.41, 5.74) is 0.322. The van der Waals surface area contributed by atoms with E-state index in [1.807, 2.05) is 0 Å². The third-order valence-corrected chi connectivity index (χ3v) is 2.05. The van der Waals surface area contributed by atoms with Gasteiger partial charge in [0.05, 0.1) is 24.3 Å². The van der Waals surface area contributed by atoms with E-state index in [1.165, 1.54) is 12.4 Å². The van der Waals surface area contributed by atoms with Crippen molar-refractivity contribution in [2.45, 2.75) is 6.92 Å². The Balaban J connectivity index is 2.80. The fourth-order valence-electron chi connectivity index (χ4n) is 0.851. The van der Waals surface area contributed by atoms with E-state index in [0.29, 0.717) is 0 Å². The fraction of sp³-hybridized carbons (Fsp3) is 0.333. The van der Waals surface area contributed by atoms with Gasteiger partial charge in [-0.3, -0.25) is 4.79 Å². The molecule has 0 radical (unpaired) electrons. The zero-order valence-electron chi connectivity index (χ0n) is 8.07. The highest BCUT2D eigenvalue weighted by molar-refractivity contribution is 9.09. The number of rotatable bonds is 4. The molecule has 0 aliphatic rings. The first-order valence-electron chi connectivity index (χ1n) is 4.27. The van der Waals surface area contributed by atoms with E-state index in [2.05, 4.69) is 25.9 Å². The number of Topliss-reactive ketones (excluding diaryl/α,β-unsaturated/α-hetero) is 1. The summed E-state index contributed by atoms with van der Waals surface area (Å²) in [6.07, 6.45) is 2.49. The fourth-order valence-corrected chi connectivity index (χ4v) is 1.14. The molecule has 0 aliphatic heterocycles. The van der Waals surface area contributed by atoms with Gasteiger partial charge in [0, 0.05) is 0 Å². The zero-order valence-corrected chi connectivity index (χ0v) is 9.65. The van der Waals surface area contributed by atoms with Crippen molar-refractivity contribution in [2.75, 3.05) is 11.9 Å². The first-order chi connectivity index (χ1) is 7.19. The summed E-state index contributed by atoms with van der Waals surface area (Å²) in [7, 11) is 0. The quantitative estimate of drug-likeness (QED) is 0.469. The van der Waals surface area contributed by atoms with Crippen LogP contribution in [-0.2, 0) is 4.74 Å². The van der Waals surface area contributed by atoms with Crippen LogP contribution in [0.5, 0.6) is 0 Å². The Morgan fingerprint density at radius 1 is 1.33 bits per heavy atom. The van der Waals surface area contributed by atoms with Gasteiger partial charge in [0.1, 0.15) is 5.69 Å². The summed E-state index contributed by atoms with van der Waals surface area (Å²) in [5, 5.41) is 0.181. The van der Waals surface area contributed by atoms with Gasteiger partial charge in [-0.25, -0.2) is 14.8 Å². The SMILES string of the molecule is CCOC(=O)c1cnc(C(=O)CBr)cn1. The maximum Gasteiger partial charge on any atom is 0.358 e. The van der Waals surface area contributed by atoms with Crippen molar-refractivity contribution in [3.05, 3.63) is 23.8 Å². The molecule has 0 fully saturated rings. The molecule has 0 unspecified atom stereocenters. The van der Waals surface area contributed by atoms with Crippen molar-refractivity contribution in [3.8, 4) is 0 Å². The maximum absolute atomic E-state index is 11.2. The zero-order chi connectivity index (χ0) is 11.3. The number of alkyl halides is 1. The molecular formula is C9H9BrN2O3. The lowest BCUT2D eigenvalue weighted by molar-refractivity contribution is 0.0518. The highest BCUT2D eigenvalue weighted by Gasteiger charge is 2.11. The Kier molecular flexibility index (Phi) is 4.36. The lowest BCUT2D eigenvalue weighted by atomic mass is 10.3. The number of halogens is 1. The van der Waals surface area contributed by atoms with Crippen LogP contribution < -0.4 is 0 Å². The third-order valence-electron chi connectivity index (χ3n) is 1.54. The van der Waals surface area contributed by atoms with Crippen LogP contribution in [0.25, 0.3) is 0 Å². The summed E-state index contributed by atoms with van der Waals surface area (Å²) in [6, 6.07) is 0. The van der Waals surface area contributed by atoms with Gasteiger partial charge in [-0.2, -0.15) is 0 Å². The minimum Gasteiger partial charge on any atom is -0.461 e. The first kappa shape index (κ1) is 11.8. The summed E-state index contributed by atoms with van der Waals surface area (Å²) in [6.45, 7) is 1.98. The number of esters is 1. The van der Waals surface area contributed by atoms with Gasteiger partial charge in [0.15, 0.2) is 11.5 Å². The molecule has 0 N–H and O–H groups in total. The van der Waals surface area contributed by atoms with E-state index in [9.17, 15) is 9.59 Å². The van der Waals surface area contributed by atoms with Crippen molar-refractivity contribution in [2.24, 2.45) is 0 Å². The first-order valence-corrected chi connectivity index (χ1v) is 5.39. The highest BCUT2D eigenvalue weighted by atomic mass is 79.9. The largest absolute Gasteiger partial charge is 0.461 e. The lowest BCUT2D eigenvalue weighted by Crippen LogP contribution is -2.10. The highest BCUT2D eigenvalue weighted by Crippen LogP contribution is 2.00. The van der Waals surface area contributed by atoms with Crippen LogP contribution in [0.4, 0.5) is 0 Å². The standard InChI is InChI=1S/C9H9BrN2O3/c1-2-15-9(14)7-5-11-6(4-12-7)8(13)3-10/h4-5H,2-3H2,1H3. The van der Waals surface area contributed by atoms with E-state index in [4.69, 9.17) is 4.74 Å². The molecule has 0 aliphatic carbocycles. The normalized spacial score (nSPS) is 9.73. The molecule has 5 nitrogen and oxygen atoms in total. The number of ketones is 1. The maximum atomic E-state index is 11.2. The minimum absolute atomic E-state index is 0.1000. The average molecular weight is 273 g/mol. The van der Waals surface area contributed by atoms with Crippen LogP contribution in [0.15, 0.2) is 12.4 Å². The summed E-state index contributed by atoms with van der Waals surface area (Å²) >= 11 is 3.01. The lowest BCUT2D eigenvalue weighted by Gasteiger charge is -2.00. The minimum atomic E-state index is -0.539. The number of nitrogens with zero attached hydrogens (tertiary/aromatic N) is 2. The van der Waals surface area contributed by atoms with Gasteiger partial charge in [-0.1, -0.05) is 15.9 Å². The average Bonchev–Trinajstić information content (AvgIpc) is 2.28. The van der Waals surface area contributed by atoms with Crippen molar-refractivity contribution in [1.82, 2.24) is 9.97 Å².